The van der Waals surface area contributed by atoms with Gasteiger partial charge >= 0.3 is 0 Å². The molecule has 0 aliphatic carbocycles. The van der Waals surface area contributed by atoms with Crippen LogP contribution in [0.1, 0.15) is 32.9 Å². The molecule has 0 saturated carbocycles. The summed E-state index contributed by atoms with van der Waals surface area (Å²) in [4.78, 5) is 0. The monoisotopic (exact) mass is 261 g/mol. The van der Waals surface area contributed by atoms with E-state index in [9.17, 15) is 5.11 Å². The Morgan fingerprint density at radius 1 is 1.57 bits per heavy atom. The van der Waals surface area contributed by atoms with Crippen LogP contribution >= 0.6 is 15.9 Å². The van der Waals surface area contributed by atoms with Crippen molar-refractivity contribution in [1.29, 1.82) is 0 Å². The van der Waals surface area contributed by atoms with Gasteiger partial charge in [-0.3, -0.25) is 4.68 Å². The molecule has 1 aromatic rings. The largest absolute Gasteiger partial charge is 0.393 e. The number of aromatic nitrogens is 3. The maximum Gasteiger partial charge on any atom is 0.152 e. The van der Waals surface area contributed by atoms with E-state index < -0.39 is 0 Å². The summed E-state index contributed by atoms with van der Waals surface area (Å²) < 4.78 is 2.50. The number of hydrogen-bond donors (Lipinski definition) is 1. The Hall–Kier alpha value is -0.420. The molecule has 14 heavy (non-hydrogen) atoms. The predicted molar refractivity (Wildman–Crippen MR) is 58.0 cm³/mol. The Bertz CT molecular complexity index is 300. The Morgan fingerprint density at radius 2 is 2.14 bits per heavy atom. The fourth-order valence-corrected chi connectivity index (χ4v) is 2.75. The minimum absolute atomic E-state index is 0.134. The highest BCUT2D eigenvalue weighted by molar-refractivity contribution is 9.10. The maximum absolute atomic E-state index is 9.40. The molecule has 0 aromatic carbocycles. The Labute approximate surface area is 92.4 Å². The van der Waals surface area contributed by atoms with Crippen LogP contribution in [0.4, 0.5) is 0 Å². The Kier molecular flexibility index (Phi) is 3.32. The van der Waals surface area contributed by atoms with Crippen molar-refractivity contribution in [2.75, 3.05) is 0 Å². The fourth-order valence-electron chi connectivity index (χ4n) is 1.88. The molecular weight excluding hydrogens is 246 g/mol. The van der Waals surface area contributed by atoms with E-state index in [1.165, 1.54) is 0 Å². The van der Waals surface area contributed by atoms with Crippen molar-refractivity contribution in [2.45, 2.75) is 38.7 Å². The zero-order valence-corrected chi connectivity index (χ0v) is 10.5. The van der Waals surface area contributed by atoms with Gasteiger partial charge in [0.15, 0.2) is 4.60 Å². The highest BCUT2D eigenvalue weighted by Crippen LogP contribution is 2.31. The van der Waals surface area contributed by atoms with Gasteiger partial charge in [0.2, 0.25) is 0 Å². The van der Waals surface area contributed by atoms with Crippen LogP contribution in [-0.2, 0) is 12.5 Å². The summed E-state index contributed by atoms with van der Waals surface area (Å²) in [6.45, 7) is 5.94. The van der Waals surface area contributed by atoms with Crippen molar-refractivity contribution in [3.8, 4) is 0 Å². The quantitative estimate of drug-likeness (QED) is 0.900. The second kappa shape index (κ2) is 3.98. The number of halogens is 1. The molecule has 1 aromatic heterocycles. The standard InChI is InChI=1S/C9H16BrN3O/c1-6(14)5-9(2,3)7-8(10)11-12-13(7)4/h6,14H,5H2,1-4H3. The second-order valence-electron chi connectivity index (χ2n) is 4.29. The van der Waals surface area contributed by atoms with E-state index in [2.05, 4.69) is 40.1 Å². The predicted octanol–water partition coefficient (Wildman–Crippen LogP) is 1.63. The number of aryl methyl sites for hydroxylation is 1. The summed E-state index contributed by atoms with van der Waals surface area (Å²) in [5.41, 5.74) is 0.879. The van der Waals surface area contributed by atoms with E-state index in [1.807, 2.05) is 7.05 Å². The van der Waals surface area contributed by atoms with Gasteiger partial charge in [-0.15, -0.1) is 5.10 Å². The fraction of sp³-hybridized carbons (Fsp3) is 0.778. The van der Waals surface area contributed by atoms with Crippen LogP contribution in [0.15, 0.2) is 4.60 Å². The average molecular weight is 262 g/mol. The second-order valence-corrected chi connectivity index (χ2v) is 5.04. The number of rotatable bonds is 3. The lowest BCUT2D eigenvalue weighted by molar-refractivity contribution is 0.154. The van der Waals surface area contributed by atoms with Crippen molar-refractivity contribution >= 4 is 15.9 Å². The molecule has 0 bridgehead atoms. The van der Waals surface area contributed by atoms with Gasteiger partial charge in [0, 0.05) is 12.5 Å². The molecule has 0 aliphatic heterocycles. The summed E-state index contributed by atoms with van der Waals surface area (Å²) in [5, 5.41) is 17.3. The van der Waals surface area contributed by atoms with Gasteiger partial charge < -0.3 is 5.11 Å². The lowest BCUT2D eigenvalue weighted by Gasteiger charge is -2.26. The molecule has 0 spiro atoms. The van der Waals surface area contributed by atoms with Crippen molar-refractivity contribution in [3.63, 3.8) is 0 Å². The van der Waals surface area contributed by atoms with Crippen LogP contribution in [-0.4, -0.2) is 26.2 Å². The van der Waals surface area contributed by atoms with E-state index in [1.54, 1.807) is 11.6 Å². The van der Waals surface area contributed by atoms with Gasteiger partial charge in [0.1, 0.15) is 0 Å². The van der Waals surface area contributed by atoms with E-state index in [4.69, 9.17) is 0 Å². The number of aliphatic hydroxyl groups excluding tert-OH is 1. The van der Waals surface area contributed by atoms with Crippen LogP contribution in [0.3, 0.4) is 0 Å². The summed E-state index contributed by atoms with van der Waals surface area (Å²) in [6, 6.07) is 0. The van der Waals surface area contributed by atoms with Crippen molar-refractivity contribution in [1.82, 2.24) is 15.0 Å². The summed E-state index contributed by atoms with van der Waals surface area (Å²) in [5.74, 6) is 0. The molecule has 0 amide bonds. The topological polar surface area (TPSA) is 50.9 Å². The summed E-state index contributed by atoms with van der Waals surface area (Å²) in [6.07, 6.45) is 0.360. The molecule has 0 fully saturated rings. The van der Waals surface area contributed by atoms with Crippen molar-refractivity contribution in [3.05, 3.63) is 10.3 Å². The first kappa shape index (κ1) is 11.7. The summed E-state index contributed by atoms with van der Waals surface area (Å²) >= 11 is 3.37. The normalized spacial score (nSPS) is 14.4. The van der Waals surface area contributed by atoms with E-state index in [-0.39, 0.29) is 11.5 Å². The van der Waals surface area contributed by atoms with Crippen molar-refractivity contribution in [2.24, 2.45) is 7.05 Å². The molecular formula is C9H16BrN3O. The minimum atomic E-state index is -0.327. The summed E-state index contributed by atoms with van der Waals surface area (Å²) in [7, 11) is 1.86. The minimum Gasteiger partial charge on any atom is -0.393 e. The third-order valence-electron chi connectivity index (χ3n) is 2.23. The van der Waals surface area contributed by atoms with Crippen LogP contribution in [0.2, 0.25) is 0 Å². The maximum atomic E-state index is 9.40. The van der Waals surface area contributed by atoms with Gasteiger partial charge in [-0.1, -0.05) is 19.1 Å². The van der Waals surface area contributed by atoms with Gasteiger partial charge in [-0.05, 0) is 29.3 Å². The molecule has 4 nitrogen and oxygen atoms in total. The van der Waals surface area contributed by atoms with E-state index in [0.29, 0.717) is 6.42 Å². The molecule has 1 rings (SSSR count). The van der Waals surface area contributed by atoms with Crippen LogP contribution < -0.4 is 0 Å². The average Bonchev–Trinajstić information content (AvgIpc) is 2.27. The molecule has 0 saturated heterocycles. The molecule has 0 aliphatic rings. The lowest BCUT2D eigenvalue weighted by Crippen LogP contribution is -2.26. The zero-order chi connectivity index (χ0) is 10.9. The lowest BCUT2D eigenvalue weighted by atomic mass is 9.84. The first-order valence-corrected chi connectivity index (χ1v) is 5.37. The van der Waals surface area contributed by atoms with E-state index >= 15 is 0 Å². The van der Waals surface area contributed by atoms with Gasteiger partial charge in [0.25, 0.3) is 0 Å². The first-order valence-electron chi connectivity index (χ1n) is 4.58. The number of aliphatic hydroxyl groups is 1. The van der Waals surface area contributed by atoms with Gasteiger partial charge in [0.05, 0.1) is 11.8 Å². The van der Waals surface area contributed by atoms with Gasteiger partial charge in [-0.2, -0.15) is 0 Å². The first-order chi connectivity index (χ1) is 6.34. The number of nitrogens with zero attached hydrogens (tertiary/aromatic N) is 3. The van der Waals surface area contributed by atoms with Crippen LogP contribution in [0, 0.1) is 0 Å². The van der Waals surface area contributed by atoms with Gasteiger partial charge in [-0.25, -0.2) is 0 Å². The number of hydrogen-bond acceptors (Lipinski definition) is 3. The van der Waals surface area contributed by atoms with Crippen LogP contribution in [0.25, 0.3) is 0 Å². The van der Waals surface area contributed by atoms with E-state index in [0.717, 1.165) is 10.3 Å². The molecule has 1 heterocycles. The Balaban J connectivity index is 3.02. The van der Waals surface area contributed by atoms with Crippen molar-refractivity contribution < 1.29 is 5.11 Å². The molecule has 5 heteroatoms. The third-order valence-corrected chi connectivity index (χ3v) is 2.77. The highest BCUT2D eigenvalue weighted by Gasteiger charge is 2.29. The van der Waals surface area contributed by atoms with Crippen LogP contribution in [0.5, 0.6) is 0 Å². The molecule has 80 valence electrons. The Morgan fingerprint density at radius 3 is 2.50 bits per heavy atom. The highest BCUT2D eigenvalue weighted by atomic mass is 79.9. The molecule has 1 unspecified atom stereocenters. The zero-order valence-electron chi connectivity index (χ0n) is 8.95. The SMILES string of the molecule is CC(O)CC(C)(C)c1c(Br)nnn1C. The molecule has 1 atom stereocenters. The molecule has 0 radical (unpaired) electrons. The smallest absolute Gasteiger partial charge is 0.152 e. The third kappa shape index (κ3) is 2.33. The molecule has 1 N–H and O–H groups in total.